The van der Waals surface area contributed by atoms with Crippen LogP contribution in [-0.2, 0) is 9.53 Å². The smallest absolute Gasteiger partial charge is 0.330 e. The molecule has 0 aromatic carbocycles. The van der Waals surface area contributed by atoms with Crippen molar-refractivity contribution in [3.8, 4) is 0 Å². The maximum absolute atomic E-state index is 11.9. The second-order valence-corrected chi connectivity index (χ2v) is 8.40. The molecule has 0 bridgehead atoms. The lowest BCUT2D eigenvalue weighted by molar-refractivity contribution is -0.143. The zero-order valence-electron chi connectivity index (χ0n) is 19.5. The van der Waals surface area contributed by atoms with Gasteiger partial charge in [0.2, 0.25) is 0 Å². The van der Waals surface area contributed by atoms with Gasteiger partial charge in [0.05, 0.1) is 0 Å². The minimum absolute atomic E-state index is 0.0973. The third kappa shape index (κ3) is 20.0. The Hall–Kier alpha value is -0.790. The van der Waals surface area contributed by atoms with Crippen LogP contribution in [0, 0.1) is 0 Å². The molecular formula is C26H50O2. The van der Waals surface area contributed by atoms with Crippen LogP contribution < -0.4 is 0 Å². The van der Waals surface area contributed by atoms with E-state index in [-0.39, 0.29) is 12.1 Å². The van der Waals surface area contributed by atoms with Crippen LogP contribution in [0.3, 0.4) is 0 Å². The Bertz CT molecular complexity index is 348. The van der Waals surface area contributed by atoms with E-state index >= 15 is 0 Å². The molecule has 0 heterocycles. The number of carbonyl (C=O) groups excluding carboxylic acids is 1. The number of esters is 1. The molecule has 0 aromatic rings. The fourth-order valence-corrected chi connectivity index (χ4v) is 3.63. The van der Waals surface area contributed by atoms with E-state index in [9.17, 15) is 4.79 Å². The molecule has 0 amide bonds. The van der Waals surface area contributed by atoms with Gasteiger partial charge in [-0.3, -0.25) is 0 Å². The highest BCUT2D eigenvalue weighted by molar-refractivity contribution is 5.82. The largest absolute Gasteiger partial charge is 0.459 e. The molecule has 0 rings (SSSR count). The summed E-state index contributed by atoms with van der Waals surface area (Å²) in [5.41, 5.74) is 0. The highest BCUT2D eigenvalue weighted by Crippen LogP contribution is 2.13. The van der Waals surface area contributed by atoms with Crippen LogP contribution in [0.2, 0.25) is 0 Å². The minimum atomic E-state index is -0.155. The minimum Gasteiger partial charge on any atom is -0.459 e. The van der Waals surface area contributed by atoms with Crippen LogP contribution in [0.4, 0.5) is 0 Å². The quantitative estimate of drug-likeness (QED) is 0.110. The van der Waals surface area contributed by atoms with Crippen molar-refractivity contribution < 1.29 is 9.53 Å². The predicted octanol–water partition coefficient (Wildman–Crippen LogP) is 8.93. The van der Waals surface area contributed by atoms with Gasteiger partial charge in [0.15, 0.2) is 0 Å². The summed E-state index contributed by atoms with van der Waals surface area (Å²) in [6.45, 7) is 6.58. The predicted molar refractivity (Wildman–Crippen MR) is 124 cm³/mol. The molecule has 0 aliphatic heterocycles. The zero-order valence-corrected chi connectivity index (χ0v) is 19.5. The second-order valence-electron chi connectivity index (χ2n) is 8.40. The molecule has 2 nitrogen and oxygen atoms in total. The first-order chi connectivity index (χ1) is 13.7. The van der Waals surface area contributed by atoms with E-state index in [0.717, 1.165) is 25.7 Å². The molecule has 0 aromatic heterocycles. The molecule has 1 atom stereocenters. The second kappa shape index (κ2) is 22.5. The molecule has 166 valence electrons. The van der Waals surface area contributed by atoms with Crippen molar-refractivity contribution in [1.82, 2.24) is 0 Å². The summed E-state index contributed by atoms with van der Waals surface area (Å²) in [7, 11) is 0. The molecule has 0 aliphatic carbocycles. The van der Waals surface area contributed by atoms with E-state index in [1.54, 1.807) is 6.08 Å². The Kier molecular flexibility index (Phi) is 21.9. The average molecular weight is 395 g/mol. The van der Waals surface area contributed by atoms with E-state index < -0.39 is 0 Å². The molecule has 0 N–H and O–H groups in total. The maximum Gasteiger partial charge on any atom is 0.330 e. The first-order valence-electron chi connectivity index (χ1n) is 12.6. The summed E-state index contributed by atoms with van der Waals surface area (Å²) in [6, 6.07) is 0. The fraction of sp³-hybridized carbons (Fsp3) is 0.885. The molecule has 0 saturated heterocycles. The summed E-state index contributed by atoms with van der Waals surface area (Å²) in [6.07, 6.45) is 28.2. The van der Waals surface area contributed by atoms with Gasteiger partial charge in [0.1, 0.15) is 6.10 Å². The summed E-state index contributed by atoms with van der Waals surface area (Å²) in [5, 5.41) is 0. The van der Waals surface area contributed by atoms with E-state index in [1.165, 1.54) is 96.3 Å². The summed E-state index contributed by atoms with van der Waals surface area (Å²) < 4.78 is 5.54. The Labute approximate surface area is 176 Å². The van der Waals surface area contributed by atoms with Crippen molar-refractivity contribution in [1.29, 1.82) is 0 Å². The third-order valence-electron chi connectivity index (χ3n) is 5.60. The SMILES string of the molecule is CCCCCCCCCCCCCCCC=CC(=O)OC(CC)CCCCC. The topological polar surface area (TPSA) is 26.3 Å². The highest BCUT2D eigenvalue weighted by atomic mass is 16.5. The standard InChI is InChI=1S/C26H50O2/c1-4-7-9-10-11-12-13-14-15-16-17-18-19-20-22-24-26(27)28-25(6-3)23-21-8-5-2/h22,24-25H,4-21,23H2,1-3H3. The molecule has 0 saturated carbocycles. The number of rotatable bonds is 21. The number of hydrogen-bond acceptors (Lipinski definition) is 2. The Morgan fingerprint density at radius 2 is 1.14 bits per heavy atom. The van der Waals surface area contributed by atoms with Crippen LogP contribution in [0.1, 0.15) is 143 Å². The van der Waals surface area contributed by atoms with E-state index in [4.69, 9.17) is 4.74 Å². The van der Waals surface area contributed by atoms with Crippen molar-refractivity contribution in [2.45, 2.75) is 149 Å². The molecule has 0 radical (unpaired) electrons. The van der Waals surface area contributed by atoms with Gasteiger partial charge >= 0.3 is 5.97 Å². The molecule has 2 heteroatoms. The van der Waals surface area contributed by atoms with Crippen molar-refractivity contribution in [3.05, 3.63) is 12.2 Å². The monoisotopic (exact) mass is 394 g/mol. The molecular weight excluding hydrogens is 344 g/mol. The number of unbranched alkanes of at least 4 members (excludes halogenated alkanes) is 15. The van der Waals surface area contributed by atoms with Crippen LogP contribution >= 0.6 is 0 Å². The van der Waals surface area contributed by atoms with Gasteiger partial charge in [-0.1, -0.05) is 117 Å². The number of ether oxygens (including phenoxy) is 1. The summed E-state index contributed by atoms with van der Waals surface area (Å²) in [4.78, 5) is 11.9. The van der Waals surface area contributed by atoms with Crippen LogP contribution in [-0.4, -0.2) is 12.1 Å². The van der Waals surface area contributed by atoms with Crippen LogP contribution in [0.5, 0.6) is 0 Å². The molecule has 28 heavy (non-hydrogen) atoms. The van der Waals surface area contributed by atoms with Crippen LogP contribution in [0.25, 0.3) is 0 Å². The average Bonchev–Trinajstić information content (AvgIpc) is 2.70. The van der Waals surface area contributed by atoms with E-state index in [1.807, 2.05) is 6.08 Å². The van der Waals surface area contributed by atoms with Crippen molar-refractivity contribution in [2.24, 2.45) is 0 Å². The Balaban J connectivity index is 3.41. The zero-order chi connectivity index (χ0) is 20.7. The van der Waals surface area contributed by atoms with Crippen molar-refractivity contribution in [3.63, 3.8) is 0 Å². The van der Waals surface area contributed by atoms with Gasteiger partial charge in [-0.25, -0.2) is 4.79 Å². The highest BCUT2D eigenvalue weighted by Gasteiger charge is 2.09. The molecule has 0 aliphatic rings. The van der Waals surface area contributed by atoms with Gasteiger partial charge in [0, 0.05) is 6.08 Å². The van der Waals surface area contributed by atoms with Gasteiger partial charge in [-0.05, 0) is 32.1 Å². The van der Waals surface area contributed by atoms with Gasteiger partial charge in [-0.15, -0.1) is 0 Å². The van der Waals surface area contributed by atoms with Crippen molar-refractivity contribution in [2.75, 3.05) is 0 Å². The molecule has 0 spiro atoms. The first kappa shape index (κ1) is 27.2. The lowest BCUT2D eigenvalue weighted by atomic mass is 10.0. The maximum atomic E-state index is 11.9. The van der Waals surface area contributed by atoms with Crippen LogP contribution in [0.15, 0.2) is 12.2 Å². The third-order valence-corrected chi connectivity index (χ3v) is 5.60. The number of hydrogen-bond donors (Lipinski definition) is 0. The summed E-state index contributed by atoms with van der Waals surface area (Å²) >= 11 is 0. The number of carbonyl (C=O) groups is 1. The van der Waals surface area contributed by atoms with Gasteiger partial charge in [0.25, 0.3) is 0 Å². The Morgan fingerprint density at radius 1 is 0.679 bits per heavy atom. The first-order valence-corrected chi connectivity index (χ1v) is 12.6. The van der Waals surface area contributed by atoms with Crippen molar-refractivity contribution >= 4 is 5.97 Å². The van der Waals surface area contributed by atoms with Gasteiger partial charge in [-0.2, -0.15) is 0 Å². The Morgan fingerprint density at radius 3 is 1.64 bits per heavy atom. The normalized spacial score (nSPS) is 12.5. The lowest BCUT2D eigenvalue weighted by Crippen LogP contribution is -2.15. The fourth-order valence-electron chi connectivity index (χ4n) is 3.63. The summed E-state index contributed by atoms with van der Waals surface area (Å²) in [5.74, 6) is -0.155. The van der Waals surface area contributed by atoms with E-state index in [2.05, 4.69) is 20.8 Å². The number of allylic oxidation sites excluding steroid dienone is 1. The molecule has 0 fully saturated rings. The van der Waals surface area contributed by atoms with Gasteiger partial charge < -0.3 is 4.74 Å². The molecule has 1 unspecified atom stereocenters. The van der Waals surface area contributed by atoms with E-state index in [0.29, 0.717) is 0 Å². The lowest BCUT2D eigenvalue weighted by Gasteiger charge is -2.14.